The Bertz CT molecular complexity index is 431. The second-order valence-electron chi connectivity index (χ2n) is 6.66. The summed E-state index contributed by atoms with van der Waals surface area (Å²) >= 11 is 2.38. The van der Waals surface area contributed by atoms with Gasteiger partial charge in [0.15, 0.2) is 0 Å². The number of hydrogen-bond donors (Lipinski definition) is 0. The summed E-state index contributed by atoms with van der Waals surface area (Å²) in [6.45, 7) is 8.60. The van der Waals surface area contributed by atoms with Crippen molar-refractivity contribution in [2.75, 3.05) is 57.4 Å². The maximum absolute atomic E-state index is 12.7. The number of quaternary nitrogens is 1. The molecule has 0 aromatic carbocycles. The first kappa shape index (κ1) is 18.9. The quantitative estimate of drug-likeness (QED) is 0.211. The van der Waals surface area contributed by atoms with Gasteiger partial charge >= 0.3 is 11.9 Å². The summed E-state index contributed by atoms with van der Waals surface area (Å²) in [7, 11) is 2.12. The van der Waals surface area contributed by atoms with Gasteiger partial charge in [0.1, 0.15) is 12.6 Å². The van der Waals surface area contributed by atoms with Crippen LogP contribution in [0.3, 0.4) is 0 Å². The standard InChI is InChI=1S/C16H28IN2O4/c1-4-22-14(20)16(15(21)23-5-2)10-13(11-17)19(12-16)8-6-18(3)7-9-19/h13H,4-12H2,1-3H3/q+1. The predicted molar refractivity (Wildman–Crippen MR) is 95.3 cm³/mol. The number of halogens is 1. The summed E-state index contributed by atoms with van der Waals surface area (Å²) in [5, 5.41) is 0. The molecule has 23 heavy (non-hydrogen) atoms. The number of carbonyl (C=O) groups excluding carboxylic acids is 2. The van der Waals surface area contributed by atoms with E-state index in [1.54, 1.807) is 13.8 Å². The highest BCUT2D eigenvalue weighted by Crippen LogP contribution is 2.44. The Kier molecular flexibility index (Phi) is 6.29. The molecule has 6 nitrogen and oxygen atoms in total. The average Bonchev–Trinajstić information content (AvgIpc) is 2.87. The molecule has 1 spiro atoms. The van der Waals surface area contributed by atoms with E-state index in [1.165, 1.54) is 0 Å². The largest absolute Gasteiger partial charge is 0.465 e. The number of piperazine rings is 1. The van der Waals surface area contributed by atoms with E-state index in [-0.39, 0.29) is 13.2 Å². The lowest BCUT2D eigenvalue weighted by Crippen LogP contribution is -2.62. The third-order valence-electron chi connectivity index (χ3n) is 5.31. The van der Waals surface area contributed by atoms with E-state index in [0.717, 1.165) is 35.1 Å². The van der Waals surface area contributed by atoms with Gasteiger partial charge < -0.3 is 14.0 Å². The molecule has 2 rings (SSSR count). The molecule has 0 aliphatic carbocycles. The van der Waals surface area contributed by atoms with Crippen LogP contribution in [0.4, 0.5) is 0 Å². The number of alkyl halides is 1. The molecular weight excluding hydrogens is 411 g/mol. The SMILES string of the molecule is CCOC(=O)C1(C(=O)OCC)CC(CI)[N+]2(CCN(C)CC2)C1. The molecule has 2 fully saturated rings. The molecule has 0 N–H and O–H groups in total. The van der Waals surface area contributed by atoms with Crippen LogP contribution in [-0.2, 0) is 19.1 Å². The van der Waals surface area contributed by atoms with Gasteiger partial charge in [-0.15, -0.1) is 0 Å². The van der Waals surface area contributed by atoms with Crippen molar-refractivity contribution in [3.05, 3.63) is 0 Å². The van der Waals surface area contributed by atoms with Crippen LogP contribution in [-0.4, -0.2) is 84.8 Å². The smallest absolute Gasteiger partial charge is 0.329 e. The molecule has 2 aliphatic rings. The van der Waals surface area contributed by atoms with Crippen molar-refractivity contribution in [2.45, 2.75) is 26.3 Å². The van der Waals surface area contributed by atoms with Crippen molar-refractivity contribution >= 4 is 34.5 Å². The number of rotatable bonds is 5. The second kappa shape index (κ2) is 7.65. The van der Waals surface area contributed by atoms with Crippen LogP contribution in [0, 0.1) is 5.41 Å². The number of esters is 2. The Morgan fingerprint density at radius 1 is 1.17 bits per heavy atom. The summed E-state index contributed by atoms with van der Waals surface area (Å²) in [5.41, 5.74) is -1.13. The van der Waals surface area contributed by atoms with Gasteiger partial charge in [-0.25, -0.2) is 0 Å². The molecule has 0 bridgehead atoms. The van der Waals surface area contributed by atoms with Gasteiger partial charge in [-0.1, -0.05) is 22.6 Å². The van der Waals surface area contributed by atoms with Crippen molar-refractivity contribution in [1.29, 1.82) is 0 Å². The van der Waals surface area contributed by atoms with Crippen LogP contribution in [0.15, 0.2) is 0 Å². The maximum atomic E-state index is 12.7. The molecule has 2 aliphatic heterocycles. The van der Waals surface area contributed by atoms with Crippen molar-refractivity contribution in [1.82, 2.24) is 4.90 Å². The molecule has 0 radical (unpaired) electrons. The molecule has 0 saturated carbocycles. The molecule has 0 aromatic heterocycles. The van der Waals surface area contributed by atoms with Crippen molar-refractivity contribution in [3.63, 3.8) is 0 Å². The fraction of sp³-hybridized carbons (Fsp3) is 0.875. The zero-order valence-corrected chi connectivity index (χ0v) is 16.5. The predicted octanol–water partition coefficient (Wildman–Crippen LogP) is 1.07. The van der Waals surface area contributed by atoms with E-state index >= 15 is 0 Å². The third kappa shape index (κ3) is 3.51. The maximum Gasteiger partial charge on any atom is 0.329 e. The van der Waals surface area contributed by atoms with E-state index in [4.69, 9.17) is 9.47 Å². The first-order valence-electron chi connectivity index (χ1n) is 8.39. The van der Waals surface area contributed by atoms with E-state index in [2.05, 4.69) is 34.5 Å². The van der Waals surface area contributed by atoms with Crippen LogP contribution < -0.4 is 0 Å². The van der Waals surface area contributed by atoms with Crippen LogP contribution in [0.5, 0.6) is 0 Å². The Hall–Kier alpha value is -0.410. The number of nitrogens with zero attached hydrogens (tertiary/aromatic N) is 2. The lowest BCUT2D eigenvalue weighted by Gasteiger charge is -2.45. The highest BCUT2D eigenvalue weighted by Gasteiger charge is 2.64. The lowest BCUT2D eigenvalue weighted by molar-refractivity contribution is -0.941. The minimum atomic E-state index is -1.13. The summed E-state index contributed by atoms with van der Waals surface area (Å²) in [6.07, 6.45) is 0.539. The van der Waals surface area contributed by atoms with Gasteiger partial charge in [0, 0.05) is 19.5 Å². The Labute approximate surface area is 152 Å². The highest BCUT2D eigenvalue weighted by molar-refractivity contribution is 14.1. The molecule has 132 valence electrons. The molecule has 1 atom stereocenters. The van der Waals surface area contributed by atoms with Crippen molar-refractivity contribution in [2.24, 2.45) is 5.41 Å². The normalized spacial score (nSPS) is 26.2. The fourth-order valence-corrected chi connectivity index (χ4v) is 5.08. The van der Waals surface area contributed by atoms with Gasteiger partial charge in [0.05, 0.1) is 30.7 Å². The van der Waals surface area contributed by atoms with Gasteiger partial charge in [-0.05, 0) is 20.9 Å². The van der Waals surface area contributed by atoms with Crippen LogP contribution in [0.2, 0.25) is 0 Å². The number of hydrogen-bond acceptors (Lipinski definition) is 5. The fourth-order valence-electron chi connectivity index (χ4n) is 3.93. The average molecular weight is 439 g/mol. The van der Waals surface area contributed by atoms with Crippen molar-refractivity contribution < 1.29 is 23.5 Å². The minimum absolute atomic E-state index is 0.289. The van der Waals surface area contributed by atoms with Gasteiger partial charge in [0.25, 0.3) is 0 Å². The number of ether oxygens (including phenoxy) is 2. The van der Waals surface area contributed by atoms with E-state index in [9.17, 15) is 9.59 Å². The Morgan fingerprint density at radius 2 is 1.70 bits per heavy atom. The zero-order chi connectivity index (χ0) is 17.1. The van der Waals surface area contributed by atoms with Crippen molar-refractivity contribution in [3.8, 4) is 0 Å². The number of likely N-dealkylation sites (N-methyl/N-ethyl adjacent to an activating group) is 1. The molecule has 2 saturated heterocycles. The monoisotopic (exact) mass is 439 g/mol. The summed E-state index contributed by atoms with van der Waals surface area (Å²) in [5.74, 6) is -0.801. The van der Waals surface area contributed by atoms with E-state index < -0.39 is 17.4 Å². The third-order valence-corrected chi connectivity index (χ3v) is 6.32. The Balaban J connectivity index is 2.32. The first-order valence-corrected chi connectivity index (χ1v) is 9.91. The summed E-state index contributed by atoms with van der Waals surface area (Å²) in [6, 6.07) is 0.304. The summed E-state index contributed by atoms with van der Waals surface area (Å²) < 4.78 is 12.3. The summed E-state index contributed by atoms with van der Waals surface area (Å²) in [4.78, 5) is 27.7. The van der Waals surface area contributed by atoms with E-state index in [1.807, 2.05) is 0 Å². The lowest BCUT2D eigenvalue weighted by atomic mass is 9.85. The highest BCUT2D eigenvalue weighted by atomic mass is 127. The number of carbonyl (C=O) groups is 2. The van der Waals surface area contributed by atoms with E-state index in [0.29, 0.717) is 19.0 Å². The molecule has 0 aromatic rings. The second-order valence-corrected chi connectivity index (χ2v) is 7.54. The molecular formula is C16H28IN2O4+. The molecule has 1 unspecified atom stereocenters. The van der Waals surface area contributed by atoms with Gasteiger partial charge in [0.2, 0.25) is 5.41 Å². The molecule has 7 heteroatoms. The van der Waals surface area contributed by atoms with Crippen LogP contribution in [0.1, 0.15) is 20.3 Å². The minimum Gasteiger partial charge on any atom is -0.465 e. The van der Waals surface area contributed by atoms with Gasteiger partial charge in [-0.3, -0.25) is 14.5 Å². The van der Waals surface area contributed by atoms with Crippen LogP contribution >= 0.6 is 22.6 Å². The van der Waals surface area contributed by atoms with Gasteiger partial charge in [-0.2, -0.15) is 0 Å². The first-order chi connectivity index (χ1) is 10.9. The topological polar surface area (TPSA) is 55.8 Å². The molecule has 2 heterocycles. The zero-order valence-electron chi connectivity index (χ0n) is 14.3. The molecule has 0 amide bonds. The van der Waals surface area contributed by atoms with Crippen LogP contribution in [0.25, 0.3) is 0 Å². The Morgan fingerprint density at radius 3 is 2.13 bits per heavy atom.